The molecule has 0 spiro atoms. The van der Waals surface area contributed by atoms with E-state index in [9.17, 15) is 14.4 Å². The van der Waals surface area contributed by atoms with Crippen LogP contribution in [0.2, 0.25) is 0 Å². The highest BCUT2D eigenvalue weighted by molar-refractivity contribution is 5.80. The fraction of sp³-hybridized carbons (Fsp3) is 0.914. The molecule has 0 aliphatic heterocycles. The number of nitrogens with one attached hydrogen (secondary N) is 1. The third-order valence-electron chi connectivity index (χ3n) is 8.03. The topological polar surface area (TPSA) is 92.7 Å². The molecule has 0 bridgehead atoms. The fourth-order valence-corrected chi connectivity index (χ4v) is 5.40. The van der Waals surface area contributed by atoms with Gasteiger partial charge in [0.1, 0.15) is 12.6 Å². The van der Waals surface area contributed by atoms with E-state index in [1.54, 1.807) is 0 Å². The maximum Gasteiger partial charge on any atom is 0.322 e. The number of unbranched alkanes of at least 4 members (excludes halogenated alkanes) is 21. The van der Waals surface area contributed by atoms with Crippen molar-refractivity contribution >= 4 is 17.8 Å². The molecule has 0 saturated carbocycles. The van der Waals surface area contributed by atoms with Gasteiger partial charge in [-0.05, 0) is 38.5 Å². The monoisotopic (exact) mass is 582 g/mol. The molecular formula is C35H67NO5. The Labute approximate surface area is 253 Å². The summed E-state index contributed by atoms with van der Waals surface area (Å²) < 4.78 is 5.84. The van der Waals surface area contributed by atoms with E-state index in [1.165, 1.54) is 103 Å². The van der Waals surface area contributed by atoms with Crippen molar-refractivity contribution < 1.29 is 24.2 Å². The molecule has 1 unspecified atom stereocenters. The van der Waals surface area contributed by atoms with E-state index in [-0.39, 0.29) is 24.5 Å². The second-order valence-corrected chi connectivity index (χ2v) is 12.1. The lowest BCUT2D eigenvalue weighted by Crippen LogP contribution is -2.28. The van der Waals surface area contributed by atoms with Gasteiger partial charge in [0.25, 0.3) is 0 Å². The van der Waals surface area contributed by atoms with Crippen LogP contribution in [0.25, 0.3) is 0 Å². The first-order chi connectivity index (χ1) is 20.0. The Balaban J connectivity index is 3.70. The molecule has 0 aliphatic rings. The molecule has 0 aromatic heterocycles. The Bertz CT molecular complexity index is 609. The molecule has 0 aromatic carbocycles. The molecule has 1 atom stereocenters. The molecule has 0 aromatic rings. The van der Waals surface area contributed by atoms with Gasteiger partial charge in [-0.3, -0.25) is 14.4 Å². The Morgan fingerprint density at radius 1 is 0.537 bits per heavy atom. The Hall–Kier alpha value is -1.59. The summed E-state index contributed by atoms with van der Waals surface area (Å²) in [6, 6.07) is 0. The predicted molar refractivity (Wildman–Crippen MR) is 171 cm³/mol. The van der Waals surface area contributed by atoms with Gasteiger partial charge in [0.15, 0.2) is 0 Å². The van der Waals surface area contributed by atoms with Crippen molar-refractivity contribution in [3.05, 3.63) is 0 Å². The van der Waals surface area contributed by atoms with Gasteiger partial charge in [0.05, 0.1) is 0 Å². The molecule has 0 rings (SSSR count). The van der Waals surface area contributed by atoms with E-state index < -0.39 is 5.97 Å². The normalized spacial score (nSPS) is 11.9. The van der Waals surface area contributed by atoms with Crippen LogP contribution in [0.15, 0.2) is 0 Å². The van der Waals surface area contributed by atoms with Gasteiger partial charge >= 0.3 is 11.9 Å². The molecule has 242 valence electrons. The summed E-state index contributed by atoms with van der Waals surface area (Å²) in [6.07, 6.45) is 32.6. The van der Waals surface area contributed by atoms with Crippen molar-refractivity contribution in [3.8, 4) is 0 Å². The van der Waals surface area contributed by atoms with E-state index in [2.05, 4.69) is 19.2 Å². The van der Waals surface area contributed by atoms with Crippen LogP contribution in [0.3, 0.4) is 0 Å². The SMILES string of the molecule is CCCCCCCCCCCCCCCCCCCCC(=O)OC(CCCCC)CCCCCC(=O)NCC(=O)O. The molecule has 0 aliphatic carbocycles. The second kappa shape index (κ2) is 31.3. The number of aliphatic carboxylic acids is 1. The maximum atomic E-state index is 12.4. The number of carboxylic acid groups (broad SMARTS) is 1. The van der Waals surface area contributed by atoms with E-state index in [1.807, 2.05) is 0 Å². The zero-order valence-electron chi connectivity index (χ0n) is 27.2. The van der Waals surface area contributed by atoms with Crippen LogP contribution in [0, 0.1) is 0 Å². The predicted octanol–water partition coefficient (Wildman–Crippen LogP) is 10.1. The molecule has 0 radical (unpaired) electrons. The number of carboxylic acids is 1. The largest absolute Gasteiger partial charge is 0.480 e. The molecule has 0 fully saturated rings. The summed E-state index contributed by atoms with van der Waals surface area (Å²) in [5.41, 5.74) is 0. The molecule has 1 amide bonds. The molecule has 2 N–H and O–H groups in total. The van der Waals surface area contributed by atoms with Crippen LogP contribution in [0.5, 0.6) is 0 Å². The quantitative estimate of drug-likeness (QED) is 0.0609. The number of ether oxygens (including phenoxy) is 1. The number of amides is 1. The van der Waals surface area contributed by atoms with Crippen molar-refractivity contribution in [2.75, 3.05) is 6.54 Å². The van der Waals surface area contributed by atoms with Crippen LogP contribution in [-0.2, 0) is 19.1 Å². The standard InChI is InChI=1S/C35H67NO5/c1-3-5-7-8-9-10-11-12-13-14-15-16-17-18-19-20-21-26-30-35(40)41-32(27-23-6-4-2)28-24-22-25-29-33(37)36-31-34(38)39/h32H,3-31H2,1-2H3,(H,36,37)(H,38,39). The average molecular weight is 582 g/mol. The van der Waals surface area contributed by atoms with Crippen molar-refractivity contribution in [1.82, 2.24) is 5.32 Å². The molecule has 0 saturated heterocycles. The minimum atomic E-state index is -1.03. The van der Waals surface area contributed by atoms with E-state index in [0.29, 0.717) is 12.8 Å². The summed E-state index contributed by atoms with van der Waals surface area (Å²) in [6.45, 7) is 4.13. The van der Waals surface area contributed by atoms with Gasteiger partial charge in [-0.2, -0.15) is 0 Å². The highest BCUT2D eigenvalue weighted by atomic mass is 16.5. The summed E-state index contributed by atoms with van der Waals surface area (Å²) in [4.78, 5) is 34.6. The summed E-state index contributed by atoms with van der Waals surface area (Å²) in [7, 11) is 0. The Kier molecular flexibility index (Phi) is 30.1. The lowest BCUT2D eigenvalue weighted by atomic mass is 10.0. The minimum Gasteiger partial charge on any atom is -0.480 e. The molecule has 0 heterocycles. The Morgan fingerprint density at radius 3 is 1.37 bits per heavy atom. The minimum absolute atomic E-state index is 0.0227. The van der Waals surface area contributed by atoms with Gasteiger partial charge in [-0.25, -0.2) is 0 Å². The summed E-state index contributed by atoms with van der Waals surface area (Å²) in [5.74, 6) is -1.31. The smallest absolute Gasteiger partial charge is 0.322 e. The lowest BCUT2D eigenvalue weighted by molar-refractivity contribution is -0.150. The number of hydrogen-bond acceptors (Lipinski definition) is 4. The second-order valence-electron chi connectivity index (χ2n) is 12.1. The van der Waals surface area contributed by atoms with E-state index >= 15 is 0 Å². The van der Waals surface area contributed by atoms with E-state index in [0.717, 1.165) is 64.2 Å². The molecule has 6 nitrogen and oxygen atoms in total. The summed E-state index contributed by atoms with van der Waals surface area (Å²) in [5, 5.41) is 11.0. The first kappa shape index (κ1) is 39.4. The third kappa shape index (κ3) is 31.2. The molecule has 41 heavy (non-hydrogen) atoms. The highest BCUT2D eigenvalue weighted by Crippen LogP contribution is 2.18. The van der Waals surface area contributed by atoms with Crippen LogP contribution in [0.1, 0.15) is 194 Å². The zero-order chi connectivity index (χ0) is 30.2. The lowest BCUT2D eigenvalue weighted by Gasteiger charge is -2.18. The van der Waals surface area contributed by atoms with Crippen molar-refractivity contribution in [3.63, 3.8) is 0 Å². The van der Waals surface area contributed by atoms with Crippen LogP contribution in [-0.4, -0.2) is 35.6 Å². The first-order valence-electron chi connectivity index (χ1n) is 17.7. The van der Waals surface area contributed by atoms with Gasteiger partial charge in [-0.1, -0.05) is 142 Å². The van der Waals surface area contributed by atoms with Gasteiger partial charge in [-0.15, -0.1) is 0 Å². The number of carbonyl (C=O) groups excluding carboxylic acids is 2. The third-order valence-corrected chi connectivity index (χ3v) is 8.03. The maximum absolute atomic E-state index is 12.4. The number of esters is 1. The van der Waals surface area contributed by atoms with Crippen molar-refractivity contribution in [2.45, 2.75) is 200 Å². The number of rotatable bonds is 32. The van der Waals surface area contributed by atoms with Gasteiger partial charge in [0.2, 0.25) is 5.91 Å². The highest BCUT2D eigenvalue weighted by Gasteiger charge is 2.14. The zero-order valence-corrected chi connectivity index (χ0v) is 27.2. The summed E-state index contributed by atoms with van der Waals surface area (Å²) >= 11 is 0. The molecular weight excluding hydrogens is 514 g/mol. The van der Waals surface area contributed by atoms with Crippen LogP contribution in [0.4, 0.5) is 0 Å². The fourth-order valence-electron chi connectivity index (χ4n) is 5.40. The number of hydrogen-bond donors (Lipinski definition) is 2. The number of carbonyl (C=O) groups is 3. The van der Waals surface area contributed by atoms with Crippen molar-refractivity contribution in [2.24, 2.45) is 0 Å². The Morgan fingerprint density at radius 2 is 0.902 bits per heavy atom. The van der Waals surface area contributed by atoms with Gasteiger partial charge < -0.3 is 15.2 Å². The van der Waals surface area contributed by atoms with Crippen LogP contribution >= 0.6 is 0 Å². The first-order valence-corrected chi connectivity index (χ1v) is 17.7. The van der Waals surface area contributed by atoms with Crippen LogP contribution < -0.4 is 5.32 Å². The average Bonchev–Trinajstić information content (AvgIpc) is 2.95. The molecule has 6 heteroatoms. The van der Waals surface area contributed by atoms with E-state index in [4.69, 9.17) is 9.84 Å². The van der Waals surface area contributed by atoms with Gasteiger partial charge in [0, 0.05) is 12.8 Å². The van der Waals surface area contributed by atoms with Crippen molar-refractivity contribution in [1.29, 1.82) is 0 Å².